The summed E-state index contributed by atoms with van der Waals surface area (Å²) < 4.78 is 6.49. The fourth-order valence-electron chi connectivity index (χ4n) is 4.81. The maximum absolute atomic E-state index is 14.0. The van der Waals surface area contributed by atoms with Gasteiger partial charge in [-0.05, 0) is 53.4 Å². The largest absolute Gasteiger partial charge is 0.480 e. The number of halogens is 2. The fourth-order valence-corrected chi connectivity index (χ4v) is 5.06. The summed E-state index contributed by atoms with van der Waals surface area (Å²) in [6.45, 7) is 1.88. The summed E-state index contributed by atoms with van der Waals surface area (Å²) in [7, 11) is 0. The standard InChI is InChI=1S/C29H26Cl2N2O4/c1-2-5-24(29(35)36)33-26(18-8-12-22(30)13-9-18)27(19-10-14-23(31)15-11-19)37-25(28(33)34)16-20-6-3-4-7-21(20)17-32/h3-4,6-15,24-27H,2,5,16H2,1H3,(H,35,36)/t24?,25-,26+,27-/m0/s1. The molecule has 0 bridgehead atoms. The van der Waals surface area contributed by atoms with E-state index in [9.17, 15) is 20.0 Å². The highest BCUT2D eigenvalue weighted by molar-refractivity contribution is 6.30. The molecule has 6 nitrogen and oxygen atoms in total. The second kappa shape index (κ2) is 11.8. The zero-order valence-corrected chi connectivity index (χ0v) is 21.7. The van der Waals surface area contributed by atoms with Gasteiger partial charge in [-0.3, -0.25) is 4.79 Å². The Bertz CT molecular complexity index is 1300. The van der Waals surface area contributed by atoms with Gasteiger partial charge >= 0.3 is 5.97 Å². The molecular weight excluding hydrogens is 511 g/mol. The molecule has 1 heterocycles. The van der Waals surface area contributed by atoms with Gasteiger partial charge in [0.2, 0.25) is 0 Å². The fraction of sp³-hybridized carbons (Fsp3) is 0.276. The van der Waals surface area contributed by atoms with Crippen molar-refractivity contribution in [1.29, 1.82) is 5.26 Å². The molecule has 190 valence electrons. The predicted octanol–water partition coefficient (Wildman–Crippen LogP) is 6.37. The number of benzene rings is 3. The first-order chi connectivity index (χ1) is 17.8. The van der Waals surface area contributed by atoms with Crippen molar-refractivity contribution in [3.8, 4) is 6.07 Å². The van der Waals surface area contributed by atoms with E-state index in [1.807, 2.05) is 19.1 Å². The van der Waals surface area contributed by atoms with Crippen molar-refractivity contribution in [3.63, 3.8) is 0 Å². The summed E-state index contributed by atoms with van der Waals surface area (Å²) in [5.41, 5.74) is 2.55. The van der Waals surface area contributed by atoms with E-state index in [1.165, 1.54) is 4.90 Å². The maximum Gasteiger partial charge on any atom is 0.326 e. The molecule has 3 aromatic carbocycles. The second-order valence-corrected chi connectivity index (χ2v) is 9.83. The first kappa shape index (κ1) is 26.7. The lowest BCUT2D eigenvalue weighted by Gasteiger charge is -2.47. The number of carbonyl (C=O) groups is 2. The number of rotatable bonds is 8. The Morgan fingerprint density at radius 3 is 2.19 bits per heavy atom. The van der Waals surface area contributed by atoms with Gasteiger partial charge in [0, 0.05) is 16.5 Å². The number of nitriles is 1. The minimum absolute atomic E-state index is 0.134. The van der Waals surface area contributed by atoms with Crippen LogP contribution in [-0.2, 0) is 20.7 Å². The molecular formula is C29H26Cl2N2O4. The Hall–Kier alpha value is -3.37. The lowest BCUT2D eigenvalue weighted by Crippen LogP contribution is -2.57. The second-order valence-electron chi connectivity index (χ2n) is 8.95. The van der Waals surface area contributed by atoms with Crippen LogP contribution in [0.5, 0.6) is 0 Å². The van der Waals surface area contributed by atoms with Gasteiger partial charge in [0.25, 0.3) is 5.91 Å². The molecule has 4 rings (SSSR count). The Balaban J connectivity index is 1.87. The Labute approximate surface area is 226 Å². The summed E-state index contributed by atoms with van der Waals surface area (Å²) >= 11 is 12.3. The highest BCUT2D eigenvalue weighted by Crippen LogP contribution is 2.44. The van der Waals surface area contributed by atoms with Crippen LogP contribution in [0, 0.1) is 11.3 Å². The van der Waals surface area contributed by atoms with Gasteiger partial charge in [-0.25, -0.2) is 4.79 Å². The lowest BCUT2D eigenvalue weighted by molar-refractivity contribution is -0.184. The Morgan fingerprint density at radius 2 is 1.62 bits per heavy atom. The van der Waals surface area contributed by atoms with Gasteiger partial charge in [-0.1, -0.05) is 79.0 Å². The van der Waals surface area contributed by atoms with Crippen molar-refractivity contribution in [2.24, 2.45) is 0 Å². The van der Waals surface area contributed by atoms with Crippen molar-refractivity contribution in [1.82, 2.24) is 4.90 Å². The minimum atomic E-state index is -1.08. The average Bonchev–Trinajstić information content (AvgIpc) is 2.89. The SMILES string of the molecule is CCCC(C(=O)O)N1C(=O)[C@H](Cc2ccccc2C#N)O[C@@H](c2ccc(Cl)cc2)[C@H]1c1ccc(Cl)cc1. The molecule has 8 heteroatoms. The predicted molar refractivity (Wildman–Crippen MR) is 141 cm³/mol. The van der Waals surface area contributed by atoms with Crippen molar-refractivity contribution in [3.05, 3.63) is 105 Å². The zero-order valence-electron chi connectivity index (χ0n) is 20.2. The molecule has 1 aliphatic heterocycles. The smallest absolute Gasteiger partial charge is 0.326 e. The van der Waals surface area contributed by atoms with Gasteiger partial charge in [0.15, 0.2) is 0 Å². The van der Waals surface area contributed by atoms with E-state index in [0.29, 0.717) is 33.2 Å². The molecule has 37 heavy (non-hydrogen) atoms. The van der Waals surface area contributed by atoms with Crippen LogP contribution in [0.1, 0.15) is 54.2 Å². The number of carbonyl (C=O) groups excluding carboxylic acids is 1. The number of aliphatic carboxylic acids is 1. The minimum Gasteiger partial charge on any atom is -0.480 e. The molecule has 1 saturated heterocycles. The Morgan fingerprint density at radius 1 is 1.03 bits per heavy atom. The molecule has 0 spiro atoms. The van der Waals surface area contributed by atoms with Gasteiger partial charge in [0.1, 0.15) is 18.2 Å². The van der Waals surface area contributed by atoms with Gasteiger partial charge in [-0.2, -0.15) is 5.26 Å². The number of carboxylic acid groups (broad SMARTS) is 1. The van der Waals surface area contributed by atoms with E-state index in [1.54, 1.807) is 60.7 Å². The summed E-state index contributed by atoms with van der Waals surface area (Å²) in [5, 5.41) is 20.9. The normalized spacial score (nSPS) is 20.3. The third-order valence-corrected chi connectivity index (χ3v) is 7.07. The molecule has 4 atom stereocenters. The number of ether oxygens (including phenoxy) is 1. The zero-order chi connectivity index (χ0) is 26.5. The van der Waals surface area contributed by atoms with Crippen LogP contribution in [-0.4, -0.2) is 34.0 Å². The quantitative estimate of drug-likeness (QED) is 0.361. The average molecular weight is 537 g/mol. The molecule has 1 amide bonds. The number of hydrogen-bond acceptors (Lipinski definition) is 4. The topological polar surface area (TPSA) is 90.6 Å². The van der Waals surface area contributed by atoms with Crippen LogP contribution in [0.25, 0.3) is 0 Å². The Kier molecular flexibility index (Phi) is 8.50. The molecule has 0 radical (unpaired) electrons. The number of morpholine rings is 1. The van der Waals surface area contributed by atoms with Crippen molar-refractivity contribution in [2.75, 3.05) is 0 Å². The van der Waals surface area contributed by atoms with Crippen LogP contribution in [0.2, 0.25) is 10.0 Å². The number of amides is 1. The molecule has 3 aromatic rings. The highest BCUT2D eigenvalue weighted by atomic mass is 35.5. The summed E-state index contributed by atoms with van der Waals surface area (Å²) in [5.74, 6) is -1.51. The van der Waals surface area contributed by atoms with Crippen LogP contribution < -0.4 is 0 Å². The highest BCUT2D eigenvalue weighted by Gasteiger charge is 2.48. The monoisotopic (exact) mass is 536 g/mol. The van der Waals surface area contributed by atoms with Crippen LogP contribution >= 0.6 is 23.2 Å². The van der Waals surface area contributed by atoms with Crippen molar-refractivity contribution >= 4 is 35.1 Å². The number of hydrogen-bond donors (Lipinski definition) is 1. The van der Waals surface area contributed by atoms with Gasteiger partial charge in [-0.15, -0.1) is 0 Å². The number of nitrogens with zero attached hydrogens (tertiary/aromatic N) is 2. The maximum atomic E-state index is 14.0. The summed E-state index contributed by atoms with van der Waals surface area (Å²) in [4.78, 5) is 28.0. The van der Waals surface area contributed by atoms with E-state index >= 15 is 0 Å². The first-order valence-corrected chi connectivity index (χ1v) is 12.8. The molecule has 1 unspecified atom stereocenters. The molecule has 1 fully saturated rings. The summed E-state index contributed by atoms with van der Waals surface area (Å²) in [6, 6.07) is 21.5. The van der Waals surface area contributed by atoms with Crippen molar-refractivity contribution < 1.29 is 19.4 Å². The van der Waals surface area contributed by atoms with Gasteiger partial charge < -0.3 is 14.7 Å². The third kappa shape index (κ3) is 5.80. The first-order valence-electron chi connectivity index (χ1n) is 12.0. The molecule has 1 N–H and O–H groups in total. The van der Waals surface area contributed by atoms with E-state index in [2.05, 4.69) is 6.07 Å². The molecule has 0 saturated carbocycles. The van der Waals surface area contributed by atoms with Crippen molar-refractivity contribution in [2.45, 2.75) is 50.5 Å². The molecule has 0 aromatic heterocycles. The lowest BCUT2D eigenvalue weighted by atomic mass is 9.88. The third-order valence-electron chi connectivity index (χ3n) is 6.56. The van der Waals surface area contributed by atoms with E-state index in [0.717, 1.165) is 5.56 Å². The van der Waals surface area contributed by atoms with Gasteiger partial charge in [0.05, 0.1) is 17.7 Å². The van der Waals surface area contributed by atoms with E-state index in [4.69, 9.17) is 27.9 Å². The van der Waals surface area contributed by atoms with Crippen LogP contribution in [0.3, 0.4) is 0 Å². The molecule has 1 aliphatic rings. The van der Waals surface area contributed by atoms with E-state index in [-0.39, 0.29) is 12.8 Å². The molecule has 0 aliphatic carbocycles. The summed E-state index contributed by atoms with van der Waals surface area (Å²) in [6.07, 6.45) is -0.691. The van der Waals surface area contributed by atoms with Crippen LogP contribution in [0.4, 0.5) is 0 Å². The van der Waals surface area contributed by atoms with E-state index < -0.39 is 36.2 Å². The number of carboxylic acids is 1. The van der Waals surface area contributed by atoms with Crippen LogP contribution in [0.15, 0.2) is 72.8 Å².